The number of nitrogens with zero attached hydrogens (tertiary/aromatic N) is 1. The van der Waals surface area contributed by atoms with Crippen molar-refractivity contribution in [3.8, 4) is 5.75 Å². The normalized spacial score (nSPS) is 23.3. The lowest BCUT2D eigenvalue weighted by Gasteiger charge is -2.34. The van der Waals surface area contributed by atoms with Crippen molar-refractivity contribution >= 4 is 29.1 Å². The summed E-state index contributed by atoms with van der Waals surface area (Å²) in [7, 11) is 1.56. The fourth-order valence-electron chi connectivity index (χ4n) is 3.88. The minimum Gasteiger partial charge on any atom is -0.495 e. The standard InChI is InChI=1S/C20H29ClN4O4/c1-15(20(27)22-17-13-16(21)3-4-18(17)28-2)24-7-5-23(6-8-24)14-19(26)25-9-11-29-12-10-25/h3-4,13,15H,5-12,14H2,1-2H3,(H,22,27)/p+2/t15-/m0/s1. The molecular formula is C20H31ClN4O4+2. The molecule has 0 bridgehead atoms. The Hall–Kier alpha value is -1.87. The summed E-state index contributed by atoms with van der Waals surface area (Å²) in [5.41, 5.74) is 0.580. The summed E-state index contributed by atoms with van der Waals surface area (Å²) in [5.74, 6) is 0.722. The number of carbonyl (C=O) groups is 2. The minimum absolute atomic E-state index is 0.0617. The fourth-order valence-corrected chi connectivity index (χ4v) is 4.05. The molecular weight excluding hydrogens is 396 g/mol. The average Bonchev–Trinajstić information content (AvgIpc) is 2.74. The highest BCUT2D eigenvalue weighted by molar-refractivity contribution is 6.31. The Bertz CT molecular complexity index is 718. The first-order valence-electron chi connectivity index (χ1n) is 10.2. The molecule has 2 heterocycles. The molecule has 3 N–H and O–H groups in total. The van der Waals surface area contributed by atoms with Gasteiger partial charge in [0.05, 0.1) is 26.0 Å². The molecule has 3 rings (SSSR count). The number of rotatable bonds is 6. The van der Waals surface area contributed by atoms with Crippen molar-refractivity contribution < 1.29 is 28.9 Å². The predicted molar refractivity (Wildman–Crippen MR) is 110 cm³/mol. The minimum atomic E-state index is -0.199. The van der Waals surface area contributed by atoms with Gasteiger partial charge in [0.1, 0.15) is 31.9 Å². The zero-order valence-corrected chi connectivity index (χ0v) is 17.9. The molecule has 1 aromatic rings. The molecule has 0 aromatic heterocycles. The number of ether oxygens (including phenoxy) is 2. The van der Waals surface area contributed by atoms with E-state index in [-0.39, 0.29) is 17.9 Å². The quantitative estimate of drug-likeness (QED) is 0.508. The van der Waals surface area contributed by atoms with Gasteiger partial charge in [0, 0.05) is 18.1 Å². The highest BCUT2D eigenvalue weighted by Crippen LogP contribution is 2.27. The van der Waals surface area contributed by atoms with Gasteiger partial charge in [-0.05, 0) is 25.1 Å². The third kappa shape index (κ3) is 5.82. The second-order valence-electron chi connectivity index (χ2n) is 7.63. The predicted octanol–water partition coefficient (Wildman–Crippen LogP) is -1.68. The summed E-state index contributed by atoms with van der Waals surface area (Å²) in [6, 6.07) is 4.96. The Balaban J connectivity index is 1.48. The van der Waals surface area contributed by atoms with Crippen LogP contribution in [0.25, 0.3) is 0 Å². The van der Waals surface area contributed by atoms with Crippen LogP contribution in [0.2, 0.25) is 5.02 Å². The summed E-state index contributed by atoms with van der Waals surface area (Å²) >= 11 is 6.05. The van der Waals surface area contributed by atoms with Gasteiger partial charge in [-0.25, -0.2) is 0 Å². The Morgan fingerprint density at radius 3 is 2.59 bits per heavy atom. The van der Waals surface area contributed by atoms with Gasteiger partial charge in [-0.15, -0.1) is 0 Å². The van der Waals surface area contributed by atoms with E-state index in [0.717, 1.165) is 26.2 Å². The Kier molecular flexibility index (Phi) is 7.71. The number of amides is 2. The molecule has 9 heteroatoms. The number of morpholine rings is 1. The van der Waals surface area contributed by atoms with E-state index in [9.17, 15) is 9.59 Å². The number of halogens is 1. The third-order valence-corrected chi connectivity index (χ3v) is 6.02. The second kappa shape index (κ2) is 10.2. The van der Waals surface area contributed by atoms with Crippen molar-refractivity contribution in [2.45, 2.75) is 13.0 Å². The van der Waals surface area contributed by atoms with Crippen molar-refractivity contribution in [1.29, 1.82) is 0 Å². The maximum atomic E-state index is 12.7. The summed E-state index contributed by atoms with van der Waals surface area (Å²) in [5, 5.41) is 3.48. The number of quaternary nitrogens is 2. The first-order valence-corrected chi connectivity index (χ1v) is 10.5. The molecule has 0 spiro atoms. The third-order valence-electron chi connectivity index (χ3n) is 5.79. The van der Waals surface area contributed by atoms with Gasteiger partial charge in [-0.3, -0.25) is 9.59 Å². The summed E-state index contributed by atoms with van der Waals surface area (Å²) in [6.07, 6.45) is 0. The number of hydrogen-bond acceptors (Lipinski definition) is 4. The van der Waals surface area contributed by atoms with Gasteiger partial charge in [-0.2, -0.15) is 0 Å². The number of methoxy groups -OCH3 is 1. The first-order chi connectivity index (χ1) is 14.0. The van der Waals surface area contributed by atoms with Gasteiger partial charge in [0.25, 0.3) is 11.8 Å². The lowest BCUT2D eigenvalue weighted by atomic mass is 10.2. The van der Waals surface area contributed by atoms with Crippen LogP contribution < -0.4 is 19.9 Å². The van der Waals surface area contributed by atoms with E-state index >= 15 is 0 Å². The topological polar surface area (TPSA) is 76.8 Å². The maximum absolute atomic E-state index is 12.7. The molecule has 29 heavy (non-hydrogen) atoms. The van der Waals surface area contributed by atoms with Crippen molar-refractivity contribution in [1.82, 2.24) is 4.90 Å². The number of benzene rings is 1. The summed E-state index contributed by atoms with van der Waals surface area (Å²) in [4.78, 5) is 29.6. The first kappa shape index (κ1) is 21.8. The van der Waals surface area contributed by atoms with Gasteiger partial charge >= 0.3 is 0 Å². The van der Waals surface area contributed by atoms with Crippen LogP contribution in [0.1, 0.15) is 6.92 Å². The molecule has 2 aliphatic rings. The second-order valence-corrected chi connectivity index (χ2v) is 8.07. The average molecular weight is 427 g/mol. The Labute approximate surface area is 176 Å². The van der Waals surface area contributed by atoms with Crippen LogP contribution in [0, 0.1) is 0 Å². The van der Waals surface area contributed by atoms with Crippen molar-refractivity contribution in [2.24, 2.45) is 0 Å². The Morgan fingerprint density at radius 1 is 1.24 bits per heavy atom. The molecule has 1 atom stereocenters. The number of anilines is 1. The van der Waals surface area contributed by atoms with Gasteiger partial charge in [-0.1, -0.05) is 11.6 Å². The zero-order valence-electron chi connectivity index (χ0n) is 17.1. The molecule has 2 saturated heterocycles. The lowest BCUT2D eigenvalue weighted by Crippen LogP contribution is -3.30. The van der Waals surface area contributed by atoms with Crippen molar-refractivity contribution in [2.75, 3.05) is 71.5 Å². The van der Waals surface area contributed by atoms with E-state index in [1.807, 2.05) is 11.8 Å². The zero-order chi connectivity index (χ0) is 20.8. The van der Waals surface area contributed by atoms with Crippen LogP contribution in [-0.2, 0) is 14.3 Å². The van der Waals surface area contributed by atoms with E-state index in [1.165, 1.54) is 9.80 Å². The van der Waals surface area contributed by atoms with Crippen LogP contribution in [0.3, 0.4) is 0 Å². The highest BCUT2D eigenvalue weighted by Gasteiger charge is 2.33. The molecule has 0 unspecified atom stereocenters. The lowest BCUT2D eigenvalue weighted by molar-refractivity contribution is -1.01. The molecule has 0 saturated carbocycles. The molecule has 8 nitrogen and oxygen atoms in total. The molecule has 2 fully saturated rings. The van der Waals surface area contributed by atoms with Crippen molar-refractivity contribution in [3.05, 3.63) is 23.2 Å². The van der Waals surface area contributed by atoms with E-state index < -0.39 is 0 Å². The largest absolute Gasteiger partial charge is 0.495 e. The van der Waals surface area contributed by atoms with Crippen LogP contribution in [0.5, 0.6) is 5.75 Å². The molecule has 1 aromatic carbocycles. The molecule has 2 aliphatic heterocycles. The molecule has 0 radical (unpaired) electrons. The van der Waals surface area contributed by atoms with E-state index in [4.69, 9.17) is 21.1 Å². The number of piperazine rings is 1. The van der Waals surface area contributed by atoms with Gasteiger partial charge < -0.3 is 29.5 Å². The molecule has 0 aliphatic carbocycles. The Morgan fingerprint density at radius 2 is 1.93 bits per heavy atom. The number of nitrogens with one attached hydrogen (secondary N) is 3. The summed E-state index contributed by atoms with van der Waals surface area (Å²) in [6.45, 7) is 8.56. The SMILES string of the molecule is COc1ccc(Cl)cc1NC(=O)[C@H](C)[NH+]1CC[NH+](CC(=O)N2CCOCC2)CC1. The van der Waals surface area contributed by atoms with Crippen LogP contribution >= 0.6 is 11.6 Å². The van der Waals surface area contributed by atoms with Gasteiger partial charge in [0.2, 0.25) is 0 Å². The van der Waals surface area contributed by atoms with Crippen LogP contribution in [0.15, 0.2) is 18.2 Å². The van der Waals surface area contributed by atoms with E-state index in [2.05, 4.69) is 5.32 Å². The van der Waals surface area contributed by atoms with Crippen LogP contribution in [0.4, 0.5) is 5.69 Å². The highest BCUT2D eigenvalue weighted by atomic mass is 35.5. The van der Waals surface area contributed by atoms with E-state index in [1.54, 1.807) is 25.3 Å². The molecule has 2 amide bonds. The van der Waals surface area contributed by atoms with E-state index in [0.29, 0.717) is 49.3 Å². The van der Waals surface area contributed by atoms with Crippen LogP contribution in [-0.4, -0.2) is 88.9 Å². The maximum Gasteiger partial charge on any atom is 0.282 e. The van der Waals surface area contributed by atoms with Crippen molar-refractivity contribution in [3.63, 3.8) is 0 Å². The number of hydrogen-bond donors (Lipinski definition) is 3. The monoisotopic (exact) mass is 426 g/mol. The molecule has 160 valence electrons. The fraction of sp³-hybridized carbons (Fsp3) is 0.600. The smallest absolute Gasteiger partial charge is 0.282 e. The summed E-state index contributed by atoms with van der Waals surface area (Å²) < 4.78 is 10.6. The van der Waals surface area contributed by atoms with Gasteiger partial charge in [0.15, 0.2) is 12.6 Å². The number of carbonyl (C=O) groups excluding carboxylic acids is 2.